The Bertz CT molecular complexity index is 168. The summed E-state index contributed by atoms with van der Waals surface area (Å²) in [5.74, 6) is 0. The average molecular weight is 202 g/mol. The summed E-state index contributed by atoms with van der Waals surface area (Å²) in [5.41, 5.74) is 0. The highest BCUT2D eigenvalue weighted by atomic mass is 31.2. The summed E-state index contributed by atoms with van der Waals surface area (Å²) < 4.78 is 18.6. The minimum Gasteiger partial charge on any atom is -0.811 e. The molecule has 0 amide bonds. The van der Waals surface area contributed by atoms with Crippen molar-refractivity contribution in [3.05, 3.63) is 0 Å². The minimum absolute atomic E-state index is 0.285. The molecule has 0 spiro atoms. The van der Waals surface area contributed by atoms with Crippen molar-refractivity contribution < 1.29 is 28.7 Å². The molecule has 70 valence electrons. The summed E-state index contributed by atoms with van der Waals surface area (Å²) in [4.78, 5) is 37.2. The highest BCUT2D eigenvalue weighted by Crippen LogP contribution is 2.19. The fraction of sp³-hybridized carbons (Fsp3) is 1.00. The van der Waals surface area contributed by atoms with Crippen LogP contribution in [-0.2, 0) is 9.13 Å². The first-order chi connectivity index (χ1) is 4.56. The van der Waals surface area contributed by atoms with Crippen LogP contribution in [-0.4, -0.2) is 12.8 Å². The van der Waals surface area contributed by atoms with Gasteiger partial charge in [-0.25, -0.2) is 0 Å². The van der Waals surface area contributed by atoms with Crippen LogP contribution in [0.4, 0.5) is 0 Å². The molecule has 0 rings (SSSR count). The number of hydrogen-bond acceptors (Lipinski definition) is 6. The van der Waals surface area contributed by atoms with Gasteiger partial charge in [0.25, 0.3) is 0 Å². The Morgan fingerprint density at radius 1 is 1.09 bits per heavy atom. The molecule has 0 saturated carbocycles. The lowest BCUT2D eigenvalue weighted by Crippen LogP contribution is -2.14. The predicted octanol–water partition coefficient (Wildman–Crippen LogP) is -2.55. The van der Waals surface area contributed by atoms with E-state index in [0.29, 0.717) is 6.66 Å². The molecule has 0 aliphatic carbocycles. The molecule has 0 aromatic heterocycles. The van der Waals surface area contributed by atoms with E-state index in [0.717, 1.165) is 0 Å². The average Bonchev–Trinajstić information content (AvgIpc) is 1.59. The molecule has 0 bridgehead atoms. The molecule has 0 aliphatic heterocycles. The molecule has 0 aromatic rings. The van der Waals surface area contributed by atoms with Crippen molar-refractivity contribution in [2.24, 2.45) is 0 Å². The van der Waals surface area contributed by atoms with Crippen LogP contribution >= 0.6 is 15.2 Å². The van der Waals surface area contributed by atoms with Crippen molar-refractivity contribution in [2.45, 2.75) is 6.92 Å². The Kier molecular flexibility index (Phi) is 6.35. The Labute approximate surface area is 64.6 Å². The van der Waals surface area contributed by atoms with Crippen LogP contribution in [0.25, 0.3) is 0 Å². The molecule has 0 unspecified atom stereocenters. The van der Waals surface area contributed by atoms with Crippen LogP contribution in [0.15, 0.2) is 0 Å². The zero-order valence-electron chi connectivity index (χ0n) is 6.05. The lowest BCUT2D eigenvalue weighted by molar-refractivity contribution is -0.314. The fourth-order valence-corrected chi connectivity index (χ4v) is 0. The molecule has 0 saturated heterocycles. The van der Waals surface area contributed by atoms with E-state index in [9.17, 15) is 14.4 Å². The first kappa shape index (κ1) is 13.9. The van der Waals surface area contributed by atoms with Crippen molar-refractivity contribution in [3.63, 3.8) is 0 Å². The molecule has 8 heteroatoms. The molecule has 0 N–H and O–H groups in total. The zero-order chi connectivity index (χ0) is 9.71. The first-order valence-corrected chi connectivity index (χ1v) is 6.28. The summed E-state index contributed by atoms with van der Waals surface area (Å²) in [6, 6.07) is 0. The summed E-state index contributed by atoms with van der Waals surface area (Å²) in [5, 5.41) is 0. The van der Waals surface area contributed by atoms with Gasteiger partial charge in [-0.2, -0.15) is 0 Å². The van der Waals surface area contributed by atoms with Gasteiger partial charge < -0.3 is 28.7 Å². The Balaban J connectivity index is 0. The van der Waals surface area contributed by atoms with Gasteiger partial charge in [-0.3, -0.25) is 0 Å². The van der Waals surface area contributed by atoms with E-state index in [4.69, 9.17) is 14.4 Å². The molecule has 0 aliphatic rings. The third-order valence-corrected chi connectivity index (χ3v) is 1.16. The van der Waals surface area contributed by atoms with E-state index in [2.05, 4.69) is 0 Å². The van der Waals surface area contributed by atoms with Gasteiger partial charge in [0, 0.05) is 0 Å². The lowest BCUT2D eigenvalue weighted by Gasteiger charge is -2.26. The van der Waals surface area contributed by atoms with Gasteiger partial charge in [-0.15, -0.1) is 0 Å². The maximum absolute atomic E-state index is 9.47. The van der Waals surface area contributed by atoms with Gasteiger partial charge in [-0.1, -0.05) is 22.1 Å². The Morgan fingerprint density at radius 2 is 1.18 bits per heavy atom. The quantitative estimate of drug-likeness (QED) is 0.430. The molecule has 0 radical (unpaired) electrons. The standard InChI is InChI=1S/C2H7O3P.CH5O3P/c1-2-6(3,4)5;1-5(2,3)4/h2H2,1H3,(H2,3,4,5);1H3,(H2,2,3,4)/p-4. The summed E-state index contributed by atoms with van der Waals surface area (Å²) >= 11 is 0. The van der Waals surface area contributed by atoms with Crippen LogP contribution in [0.1, 0.15) is 6.92 Å². The van der Waals surface area contributed by atoms with Crippen LogP contribution in [0.2, 0.25) is 0 Å². The predicted molar refractivity (Wildman–Crippen MR) is 31.7 cm³/mol. The van der Waals surface area contributed by atoms with Gasteiger partial charge in [0.15, 0.2) is 0 Å². The van der Waals surface area contributed by atoms with Gasteiger partial charge in [0.1, 0.15) is 0 Å². The maximum atomic E-state index is 9.47. The smallest absolute Gasteiger partial charge is 0.0279 e. The SMILES string of the molecule is CCP(=O)([O-])[O-].CP(=O)([O-])[O-]. The van der Waals surface area contributed by atoms with Crippen molar-refractivity contribution in [1.82, 2.24) is 0 Å². The highest BCUT2D eigenvalue weighted by molar-refractivity contribution is 7.48. The largest absolute Gasteiger partial charge is 0.811 e. The number of rotatable bonds is 1. The van der Waals surface area contributed by atoms with E-state index in [1.807, 2.05) is 0 Å². The second kappa shape index (κ2) is 5.04. The van der Waals surface area contributed by atoms with Gasteiger partial charge in [-0.05, 0) is 12.8 Å². The summed E-state index contributed by atoms with van der Waals surface area (Å²) in [6.45, 7) is 1.95. The molecule has 0 atom stereocenters. The first-order valence-electron chi connectivity index (χ1n) is 2.57. The van der Waals surface area contributed by atoms with Crippen LogP contribution < -0.4 is 19.6 Å². The highest BCUT2D eigenvalue weighted by Gasteiger charge is 1.76. The maximum Gasteiger partial charge on any atom is -0.0279 e. The minimum atomic E-state index is -4.15. The molecular formula is C3H8O6P2-4. The third kappa shape index (κ3) is 65.2. The Morgan fingerprint density at radius 3 is 1.18 bits per heavy atom. The van der Waals surface area contributed by atoms with Crippen molar-refractivity contribution in [2.75, 3.05) is 12.8 Å². The van der Waals surface area contributed by atoms with Gasteiger partial charge in [0.05, 0.1) is 0 Å². The lowest BCUT2D eigenvalue weighted by atomic mass is 11.0. The zero-order valence-corrected chi connectivity index (χ0v) is 7.84. The van der Waals surface area contributed by atoms with Gasteiger partial charge in [0.2, 0.25) is 0 Å². The fourth-order valence-electron chi connectivity index (χ4n) is 0. The number of hydrogen-bond donors (Lipinski definition) is 0. The molecule has 0 heterocycles. The normalized spacial score (nSPS) is 11.8. The molecule has 0 fully saturated rings. The van der Waals surface area contributed by atoms with Gasteiger partial charge >= 0.3 is 0 Å². The van der Waals surface area contributed by atoms with Crippen molar-refractivity contribution >= 4 is 15.2 Å². The van der Waals surface area contributed by atoms with E-state index in [-0.39, 0.29) is 6.16 Å². The second-order valence-electron chi connectivity index (χ2n) is 1.70. The topological polar surface area (TPSA) is 126 Å². The molecule has 6 nitrogen and oxygen atoms in total. The summed E-state index contributed by atoms with van der Waals surface area (Å²) in [6.07, 6.45) is -0.285. The van der Waals surface area contributed by atoms with E-state index in [1.165, 1.54) is 6.92 Å². The van der Waals surface area contributed by atoms with E-state index >= 15 is 0 Å². The van der Waals surface area contributed by atoms with Crippen molar-refractivity contribution in [3.8, 4) is 0 Å². The molecule has 0 aromatic carbocycles. The van der Waals surface area contributed by atoms with E-state index in [1.54, 1.807) is 0 Å². The van der Waals surface area contributed by atoms with Crippen LogP contribution in [0.3, 0.4) is 0 Å². The third-order valence-electron chi connectivity index (χ3n) is 0.387. The Hall–Kier alpha value is 0.300. The summed E-state index contributed by atoms with van der Waals surface area (Å²) in [7, 11) is -8.29. The molecule has 11 heavy (non-hydrogen) atoms. The monoisotopic (exact) mass is 202 g/mol. The van der Waals surface area contributed by atoms with Crippen LogP contribution in [0.5, 0.6) is 0 Å². The second-order valence-corrected chi connectivity index (χ2v) is 5.10. The molecular weight excluding hydrogens is 194 g/mol. The van der Waals surface area contributed by atoms with Crippen molar-refractivity contribution in [1.29, 1.82) is 0 Å². The van der Waals surface area contributed by atoms with E-state index < -0.39 is 15.2 Å². The van der Waals surface area contributed by atoms with Crippen LogP contribution in [0, 0.1) is 0 Å².